The summed E-state index contributed by atoms with van der Waals surface area (Å²) in [6, 6.07) is 10.4. The lowest BCUT2D eigenvalue weighted by molar-refractivity contribution is 0.362. The van der Waals surface area contributed by atoms with Crippen molar-refractivity contribution in [2.45, 2.75) is 12.0 Å². The van der Waals surface area contributed by atoms with Gasteiger partial charge in [0, 0.05) is 13.1 Å². The maximum Gasteiger partial charge on any atom is 0.170 e. The Morgan fingerprint density at radius 1 is 1.28 bits per heavy atom. The third-order valence-corrected chi connectivity index (χ3v) is 3.62. The molecule has 1 aromatic rings. The lowest BCUT2D eigenvalue weighted by atomic mass is 9.87. The van der Waals surface area contributed by atoms with Crippen molar-refractivity contribution in [2.75, 3.05) is 13.1 Å². The standard InChI is InChI=1S/C15H18N2S/c1-3-10-15(13-8-6-5-7-9-13)12-17(11-4-2)14(18)16-15/h3-9H,1-2,10-12H2,(H,16,18). The number of benzene rings is 1. The normalized spacial score (nSPS) is 22.7. The van der Waals surface area contributed by atoms with Crippen LogP contribution in [0.3, 0.4) is 0 Å². The first-order valence-corrected chi connectivity index (χ1v) is 6.47. The molecule has 0 spiro atoms. The highest BCUT2D eigenvalue weighted by Crippen LogP contribution is 2.31. The second-order valence-corrected chi connectivity index (χ2v) is 4.93. The largest absolute Gasteiger partial charge is 0.351 e. The van der Waals surface area contributed by atoms with E-state index in [1.54, 1.807) is 0 Å². The first kappa shape index (κ1) is 12.8. The van der Waals surface area contributed by atoms with E-state index in [1.165, 1.54) is 5.56 Å². The Labute approximate surface area is 114 Å². The molecule has 0 aromatic heterocycles. The summed E-state index contributed by atoms with van der Waals surface area (Å²) in [5.41, 5.74) is 1.10. The molecule has 1 saturated heterocycles. The third-order valence-electron chi connectivity index (χ3n) is 3.26. The van der Waals surface area contributed by atoms with Crippen LogP contribution in [0.1, 0.15) is 12.0 Å². The zero-order chi connectivity index (χ0) is 13.0. The molecule has 1 fully saturated rings. The van der Waals surface area contributed by atoms with Crippen LogP contribution in [0, 0.1) is 0 Å². The van der Waals surface area contributed by atoms with Gasteiger partial charge in [-0.25, -0.2) is 0 Å². The van der Waals surface area contributed by atoms with E-state index < -0.39 is 0 Å². The summed E-state index contributed by atoms with van der Waals surface area (Å²) < 4.78 is 0. The summed E-state index contributed by atoms with van der Waals surface area (Å²) in [5, 5.41) is 4.25. The highest BCUT2D eigenvalue weighted by atomic mass is 32.1. The molecule has 1 N–H and O–H groups in total. The van der Waals surface area contributed by atoms with Crippen molar-refractivity contribution in [1.82, 2.24) is 10.2 Å². The maximum absolute atomic E-state index is 5.40. The van der Waals surface area contributed by atoms with Crippen LogP contribution in [0.5, 0.6) is 0 Å². The van der Waals surface area contributed by atoms with E-state index in [1.807, 2.05) is 18.2 Å². The second kappa shape index (κ2) is 5.36. The minimum atomic E-state index is -0.150. The van der Waals surface area contributed by atoms with Crippen molar-refractivity contribution in [3.63, 3.8) is 0 Å². The molecule has 1 unspecified atom stereocenters. The van der Waals surface area contributed by atoms with Crippen LogP contribution in [0.25, 0.3) is 0 Å². The molecule has 1 atom stereocenters. The fraction of sp³-hybridized carbons (Fsp3) is 0.267. The number of nitrogens with zero attached hydrogens (tertiary/aromatic N) is 1. The van der Waals surface area contributed by atoms with Gasteiger partial charge in [0.2, 0.25) is 0 Å². The van der Waals surface area contributed by atoms with Gasteiger partial charge >= 0.3 is 0 Å². The summed E-state index contributed by atoms with van der Waals surface area (Å²) in [4.78, 5) is 2.14. The molecule has 94 valence electrons. The van der Waals surface area contributed by atoms with E-state index in [4.69, 9.17) is 12.2 Å². The molecule has 0 radical (unpaired) electrons. The van der Waals surface area contributed by atoms with Gasteiger partial charge in [0.25, 0.3) is 0 Å². The number of rotatable bonds is 5. The maximum atomic E-state index is 5.40. The number of nitrogens with one attached hydrogen (secondary N) is 1. The van der Waals surface area contributed by atoms with Crippen LogP contribution in [0.15, 0.2) is 55.6 Å². The second-order valence-electron chi connectivity index (χ2n) is 4.54. The van der Waals surface area contributed by atoms with Crippen molar-refractivity contribution < 1.29 is 0 Å². The lowest BCUT2D eigenvalue weighted by Gasteiger charge is -2.28. The van der Waals surface area contributed by atoms with Gasteiger partial charge in [-0.1, -0.05) is 42.5 Å². The Hall–Kier alpha value is -1.61. The average molecular weight is 258 g/mol. The zero-order valence-electron chi connectivity index (χ0n) is 10.4. The van der Waals surface area contributed by atoms with Crippen LogP contribution in [-0.4, -0.2) is 23.1 Å². The summed E-state index contributed by atoms with van der Waals surface area (Å²) in [6.45, 7) is 9.28. The van der Waals surface area contributed by atoms with E-state index in [0.717, 1.165) is 24.6 Å². The topological polar surface area (TPSA) is 15.3 Å². The van der Waals surface area contributed by atoms with Crippen LogP contribution in [0.4, 0.5) is 0 Å². The zero-order valence-corrected chi connectivity index (χ0v) is 11.2. The molecule has 2 nitrogen and oxygen atoms in total. The number of hydrogen-bond donors (Lipinski definition) is 1. The van der Waals surface area contributed by atoms with Gasteiger partial charge < -0.3 is 10.2 Å². The first-order chi connectivity index (χ1) is 8.72. The molecule has 18 heavy (non-hydrogen) atoms. The highest BCUT2D eigenvalue weighted by molar-refractivity contribution is 7.80. The van der Waals surface area contributed by atoms with Crippen LogP contribution < -0.4 is 5.32 Å². The smallest absolute Gasteiger partial charge is 0.170 e. The van der Waals surface area contributed by atoms with Crippen molar-refractivity contribution in [1.29, 1.82) is 0 Å². The van der Waals surface area contributed by atoms with Gasteiger partial charge in [-0.05, 0) is 24.2 Å². The highest BCUT2D eigenvalue weighted by Gasteiger charge is 2.40. The number of hydrogen-bond acceptors (Lipinski definition) is 1. The predicted octanol–water partition coefficient (Wildman–Crippen LogP) is 2.83. The molecular weight excluding hydrogens is 240 g/mol. The van der Waals surface area contributed by atoms with Crippen molar-refractivity contribution in [3.05, 3.63) is 61.2 Å². The molecule has 0 saturated carbocycles. The van der Waals surface area contributed by atoms with Gasteiger partial charge in [-0.15, -0.1) is 13.2 Å². The van der Waals surface area contributed by atoms with E-state index in [-0.39, 0.29) is 5.54 Å². The van der Waals surface area contributed by atoms with Crippen molar-refractivity contribution >= 4 is 17.3 Å². The van der Waals surface area contributed by atoms with E-state index >= 15 is 0 Å². The molecule has 0 aliphatic carbocycles. The molecule has 2 rings (SSSR count). The minimum Gasteiger partial charge on any atom is -0.351 e. The summed E-state index contributed by atoms with van der Waals surface area (Å²) in [6.07, 6.45) is 4.67. The fourth-order valence-electron chi connectivity index (χ4n) is 2.42. The lowest BCUT2D eigenvalue weighted by Crippen LogP contribution is -2.39. The Bertz CT molecular complexity index is 455. The molecule has 3 heteroatoms. The van der Waals surface area contributed by atoms with Gasteiger partial charge in [-0.2, -0.15) is 0 Å². The Morgan fingerprint density at radius 2 is 2.00 bits per heavy atom. The van der Waals surface area contributed by atoms with Crippen LogP contribution in [-0.2, 0) is 5.54 Å². The summed E-state index contributed by atoms with van der Waals surface area (Å²) >= 11 is 5.40. The SMILES string of the molecule is C=CCN1CC(CC=C)(c2ccccc2)NC1=S. The molecular formula is C15H18N2S. The molecule has 1 heterocycles. The molecule has 1 aliphatic heterocycles. The Kier molecular flexibility index (Phi) is 3.82. The van der Waals surface area contributed by atoms with Gasteiger partial charge in [0.15, 0.2) is 5.11 Å². The first-order valence-electron chi connectivity index (χ1n) is 6.06. The number of thiocarbonyl (C=S) groups is 1. The third kappa shape index (κ3) is 2.31. The average Bonchev–Trinajstić information content (AvgIpc) is 2.69. The Balaban J connectivity index is 2.32. The monoisotopic (exact) mass is 258 g/mol. The molecule has 0 bridgehead atoms. The van der Waals surface area contributed by atoms with Crippen molar-refractivity contribution in [2.24, 2.45) is 0 Å². The van der Waals surface area contributed by atoms with E-state index in [0.29, 0.717) is 0 Å². The fourth-order valence-corrected chi connectivity index (χ4v) is 2.76. The van der Waals surface area contributed by atoms with Crippen LogP contribution >= 0.6 is 12.2 Å². The van der Waals surface area contributed by atoms with Gasteiger partial charge in [0.05, 0.1) is 5.54 Å². The van der Waals surface area contributed by atoms with E-state index in [2.05, 4.69) is 47.6 Å². The minimum absolute atomic E-state index is 0.150. The predicted molar refractivity (Wildman–Crippen MR) is 80.4 cm³/mol. The Morgan fingerprint density at radius 3 is 2.61 bits per heavy atom. The summed E-state index contributed by atoms with van der Waals surface area (Å²) in [5.74, 6) is 0. The quantitative estimate of drug-likeness (QED) is 0.646. The van der Waals surface area contributed by atoms with Gasteiger partial charge in [-0.3, -0.25) is 0 Å². The molecule has 1 aromatic carbocycles. The van der Waals surface area contributed by atoms with Gasteiger partial charge in [0.1, 0.15) is 0 Å². The van der Waals surface area contributed by atoms with Crippen molar-refractivity contribution in [3.8, 4) is 0 Å². The molecule has 1 aliphatic rings. The summed E-state index contributed by atoms with van der Waals surface area (Å²) in [7, 11) is 0. The molecule has 0 amide bonds. The van der Waals surface area contributed by atoms with E-state index in [9.17, 15) is 0 Å². The van der Waals surface area contributed by atoms with Crippen LogP contribution in [0.2, 0.25) is 0 Å².